The normalized spacial score (nSPS) is 10.6. The fourth-order valence-corrected chi connectivity index (χ4v) is 1.82. The van der Waals surface area contributed by atoms with E-state index >= 15 is 0 Å². The minimum absolute atomic E-state index is 0.137. The highest BCUT2D eigenvalue weighted by Gasteiger charge is 2.23. The third-order valence-corrected chi connectivity index (χ3v) is 2.95. The molecule has 0 N–H and O–H groups in total. The van der Waals surface area contributed by atoms with Crippen LogP contribution in [0, 0.1) is 31.3 Å². The van der Waals surface area contributed by atoms with Crippen molar-refractivity contribution < 1.29 is 18.0 Å². The number of carbonyl (C=O) groups excluding carboxylic acids is 1. The Labute approximate surface area is 108 Å². The van der Waals surface area contributed by atoms with Gasteiger partial charge >= 0.3 is 0 Å². The summed E-state index contributed by atoms with van der Waals surface area (Å²) in [5, 5.41) is 0. The highest BCUT2D eigenvalue weighted by atomic mass is 19.1. The van der Waals surface area contributed by atoms with Gasteiger partial charge in [0.1, 0.15) is 17.5 Å². The topological polar surface area (TPSA) is 17.1 Å². The molecule has 2 aromatic rings. The van der Waals surface area contributed by atoms with Gasteiger partial charge in [0.2, 0.25) is 5.78 Å². The molecule has 0 saturated heterocycles. The molecule has 19 heavy (non-hydrogen) atoms. The third kappa shape index (κ3) is 2.26. The zero-order valence-electron chi connectivity index (χ0n) is 10.4. The Morgan fingerprint density at radius 1 is 0.895 bits per heavy atom. The van der Waals surface area contributed by atoms with Gasteiger partial charge in [0.05, 0.1) is 11.1 Å². The predicted octanol–water partition coefficient (Wildman–Crippen LogP) is 3.95. The summed E-state index contributed by atoms with van der Waals surface area (Å²) in [7, 11) is 0. The standard InChI is InChI=1S/C15H11F3O/c1-8-4-3-5-10(13(8)17)15(19)12-11(16)7-6-9(2)14(12)18/h3-7H,1-2H3. The zero-order chi connectivity index (χ0) is 14.2. The summed E-state index contributed by atoms with van der Waals surface area (Å²) >= 11 is 0. The number of aryl methyl sites for hydroxylation is 2. The van der Waals surface area contributed by atoms with Crippen LogP contribution < -0.4 is 0 Å². The highest BCUT2D eigenvalue weighted by molar-refractivity contribution is 6.09. The number of benzene rings is 2. The van der Waals surface area contributed by atoms with Crippen molar-refractivity contribution in [3.8, 4) is 0 Å². The largest absolute Gasteiger partial charge is 0.288 e. The van der Waals surface area contributed by atoms with Crippen LogP contribution in [0.5, 0.6) is 0 Å². The Bertz CT molecular complexity index is 663. The number of carbonyl (C=O) groups is 1. The van der Waals surface area contributed by atoms with Crippen LogP contribution in [0.25, 0.3) is 0 Å². The minimum atomic E-state index is -0.992. The first-order chi connectivity index (χ1) is 8.93. The van der Waals surface area contributed by atoms with Gasteiger partial charge in [0.25, 0.3) is 0 Å². The molecule has 1 nitrogen and oxygen atoms in total. The van der Waals surface area contributed by atoms with Crippen molar-refractivity contribution in [2.24, 2.45) is 0 Å². The Hall–Kier alpha value is -2.10. The lowest BCUT2D eigenvalue weighted by atomic mass is 9.98. The maximum Gasteiger partial charge on any atom is 0.201 e. The average Bonchev–Trinajstić information content (AvgIpc) is 2.37. The van der Waals surface area contributed by atoms with Gasteiger partial charge in [-0.3, -0.25) is 4.79 Å². The molecule has 0 fully saturated rings. The summed E-state index contributed by atoms with van der Waals surface area (Å²) in [6.45, 7) is 2.90. The third-order valence-electron chi connectivity index (χ3n) is 2.95. The fourth-order valence-electron chi connectivity index (χ4n) is 1.82. The minimum Gasteiger partial charge on any atom is -0.288 e. The van der Waals surface area contributed by atoms with E-state index in [1.807, 2.05) is 0 Å². The van der Waals surface area contributed by atoms with E-state index in [9.17, 15) is 18.0 Å². The molecule has 0 unspecified atom stereocenters. The first-order valence-corrected chi connectivity index (χ1v) is 5.68. The summed E-state index contributed by atoms with van der Waals surface area (Å²) in [5.41, 5.74) is -0.662. The van der Waals surface area contributed by atoms with Crippen molar-refractivity contribution in [2.75, 3.05) is 0 Å². The molecule has 0 spiro atoms. The van der Waals surface area contributed by atoms with Gasteiger partial charge in [-0.25, -0.2) is 13.2 Å². The highest BCUT2D eigenvalue weighted by Crippen LogP contribution is 2.22. The average molecular weight is 264 g/mol. The molecule has 4 heteroatoms. The van der Waals surface area contributed by atoms with E-state index in [1.165, 1.54) is 38.1 Å². The van der Waals surface area contributed by atoms with Crippen LogP contribution in [-0.4, -0.2) is 5.78 Å². The number of ketones is 1. The lowest BCUT2D eigenvalue weighted by Gasteiger charge is -2.08. The van der Waals surface area contributed by atoms with E-state index in [-0.39, 0.29) is 16.7 Å². The van der Waals surface area contributed by atoms with Gasteiger partial charge < -0.3 is 0 Å². The second kappa shape index (κ2) is 4.88. The van der Waals surface area contributed by atoms with Crippen molar-refractivity contribution in [3.63, 3.8) is 0 Å². The summed E-state index contributed by atoms with van der Waals surface area (Å²) < 4.78 is 41.3. The van der Waals surface area contributed by atoms with Crippen LogP contribution in [0.2, 0.25) is 0 Å². The smallest absolute Gasteiger partial charge is 0.201 e. The van der Waals surface area contributed by atoms with E-state index in [1.54, 1.807) is 0 Å². The van der Waals surface area contributed by atoms with Crippen molar-refractivity contribution in [3.05, 3.63) is 70.0 Å². The lowest BCUT2D eigenvalue weighted by molar-refractivity contribution is 0.102. The van der Waals surface area contributed by atoms with Crippen molar-refractivity contribution in [1.29, 1.82) is 0 Å². The lowest BCUT2D eigenvalue weighted by Crippen LogP contribution is -2.11. The van der Waals surface area contributed by atoms with Crippen LogP contribution in [0.15, 0.2) is 30.3 Å². The van der Waals surface area contributed by atoms with Gasteiger partial charge in [0.15, 0.2) is 0 Å². The molecule has 2 rings (SSSR count). The van der Waals surface area contributed by atoms with Crippen molar-refractivity contribution in [1.82, 2.24) is 0 Å². The molecule has 0 atom stereocenters. The van der Waals surface area contributed by atoms with Crippen LogP contribution >= 0.6 is 0 Å². The first kappa shape index (κ1) is 13.3. The molecule has 2 aromatic carbocycles. The van der Waals surface area contributed by atoms with E-state index < -0.39 is 28.8 Å². The number of halogens is 3. The van der Waals surface area contributed by atoms with Crippen LogP contribution in [0.3, 0.4) is 0 Å². The molecular formula is C15H11F3O. The molecule has 0 aromatic heterocycles. The summed E-state index contributed by atoms with van der Waals surface area (Å²) in [4.78, 5) is 12.1. The molecule has 0 aliphatic carbocycles. The Morgan fingerprint density at radius 3 is 2.21 bits per heavy atom. The van der Waals surface area contributed by atoms with E-state index in [0.717, 1.165) is 6.07 Å². The SMILES string of the molecule is Cc1cccc(C(=O)c2c(F)ccc(C)c2F)c1F. The van der Waals surface area contributed by atoms with Gasteiger partial charge in [-0.05, 0) is 37.1 Å². The number of hydrogen-bond acceptors (Lipinski definition) is 1. The van der Waals surface area contributed by atoms with Gasteiger partial charge in [-0.2, -0.15) is 0 Å². The van der Waals surface area contributed by atoms with Gasteiger partial charge in [-0.1, -0.05) is 18.2 Å². The van der Waals surface area contributed by atoms with Gasteiger partial charge in [0, 0.05) is 0 Å². The van der Waals surface area contributed by atoms with E-state index in [0.29, 0.717) is 0 Å². The first-order valence-electron chi connectivity index (χ1n) is 5.68. The Morgan fingerprint density at radius 2 is 1.53 bits per heavy atom. The van der Waals surface area contributed by atoms with Crippen molar-refractivity contribution in [2.45, 2.75) is 13.8 Å². The van der Waals surface area contributed by atoms with E-state index in [2.05, 4.69) is 0 Å². The monoisotopic (exact) mass is 264 g/mol. The molecule has 98 valence electrons. The summed E-state index contributed by atoms with van der Waals surface area (Å²) in [6, 6.07) is 6.39. The van der Waals surface area contributed by atoms with Crippen LogP contribution in [0.1, 0.15) is 27.0 Å². The Balaban J connectivity index is 2.63. The molecular weight excluding hydrogens is 253 g/mol. The molecule has 0 heterocycles. The summed E-state index contributed by atoms with van der Waals surface area (Å²) in [6.07, 6.45) is 0. The number of rotatable bonds is 2. The molecule has 0 bridgehead atoms. The molecule has 0 radical (unpaired) electrons. The van der Waals surface area contributed by atoms with Gasteiger partial charge in [-0.15, -0.1) is 0 Å². The second-order valence-corrected chi connectivity index (χ2v) is 4.32. The maximum atomic E-state index is 13.8. The van der Waals surface area contributed by atoms with Crippen LogP contribution in [0.4, 0.5) is 13.2 Å². The molecule has 0 saturated carbocycles. The fraction of sp³-hybridized carbons (Fsp3) is 0.133. The molecule has 0 aliphatic heterocycles. The molecule has 0 amide bonds. The molecule has 0 aliphatic rings. The van der Waals surface area contributed by atoms with E-state index in [4.69, 9.17) is 0 Å². The quantitative estimate of drug-likeness (QED) is 0.750. The van der Waals surface area contributed by atoms with Crippen molar-refractivity contribution >= 4 is 5.78 Å². The number of hydrogen-bond donors (Lipinski definition) is 0. The van der Waals surface area contributed by atoms with Crippen LogP contribution in [-0.2, 0) is 0 Å². The second-order valence-electron chi connectivity index (χ2n) is 4.32. The predicted molar refractivity (Wildman–Crippen MR) is 65.7 cm³/mol. The Kier molecular flexibility index (Phi) is 3.42. The maximum absolute atomic E-state index is 13.8. The summed E-state index contributed by atoms with van der Waals surface area (Å²) in [5.74, 6) is -3.69. The zero-order valence-corrected chi connectivity index (χ0v) is 10.4.